The zero-order valence-electron chi connectivity index (χ0n) is 29.8. The average molecular weight is 625 g/mol. The molecule has 0 amide bonds. The molecule has 1 fully saturated rings. The molecule has 5 nitrogen and oxygen atoms in total. The van der Waals surface area contributed by atoms with Crippen LogP contribution >= 0.6 is 0 Å². The monoisotopic (exact) mass is 624 g/mol. The van der Waals surface area contributed by atoms with Crippen LogP contribution in [-0.2, 0) is 23.1 Å². The summed E-state index contributed by atoms with van der Waals surface area (Å²) in [7, 11) is -2.09. The summed E-state index contributed by atoms with van der Waals surface area (Å²) in [6.07, 6.45) is 20.0. The highest BCUT2D eigenvalue weighted by Crippen LogP contribution is 2.48. The second-order valence-electron chi connectivity index (χ2n) is 15.6. The van der Waals surface area contributed by atoms with E-state index in [1.807, 2.05) is 13.2 Å². The van der Waals surface area contributed by atoms with Gasteiger partial charge in [0.25, 0.3) is 0 Å². The number of carbonyl (C=O) groups is 1. The third kappa shape index (κ3) is 13.1. The van der Waals surface area contributed by atoms with Gasteiger partial charge < -0.3 is 18.3 Å². The molecule has 0 aromatic carbocycles. The number of methoxy groups -OCH3 is 1. The Morgan fingerprint density at radius 1 is 0.881 bits per heavy atom. The quantitative estimate of drug-likeness (QED) is 0.0499. The number of rotatable bonds is 18. The smallest absolute Gasteiger partial charge is 0.307 e. The predicted octanol–water partition coefficient (Wildman–Crippen LogP) is 10.6. The van der Waals surface area contributed by atoms with E-state index in [2.05, 4.69) is 86.8 Å². The number of esters is 1. The Bertz CT molecular complexity index is 837. The van der Waals surface area contributed by atoms with E-state index in [-0.39, 0.29) is 34.4 Å². The number of allylic oxidation sites excluding steroid dienone is 1. The van der Waals surface area contributed by atoms with Gasteiger partial charge >= 0.3 is 5.97 Å². The lowest BCUT2D eigenvalue weighted by Gasteiger charge is -2.40. The van der Waals surface area contributed by atoms with Crippen LogP contribution in [0.4, 0.5) is 0 Å². The predicted molar refractivity (Wildman–Crippen MR) is 184 cm³/mol. The summed E-state index contributed by atoms with van der Waals surface area (Å²) >= 11 is 0. The molecular formula is C35H68O5Si2. The molecule has 246 valence electrons. The topological polar surface area (TPSA) is 54.0 Å². The fourth-order valence-electron chi connectivity index (χ4n) is 5.27. The van der Waals surface area contributed by atoms with Crippen LogP contribution in [-0.4, -0.2) is 48.0 Å². The minimum absolute atomic E-state index is 0.148. The number of hydrogen-bond acceptors (Lipinski definition) is 5. The van der Waals surface area contributed by atoms with Crippen LogP contribution in [0.15, 0.2) is 24.5 Å². The van der Waals surface area contributed by atoms with Gasteiger partial charge in [-0.2, -0.15) is 0 Å². The Hall–Kier alpha value is -0.736. The van der Waals surface area contributed by atoms with E-state index in [9.17, 15) is 4.79 Å². The lowest BCUT2D eigenvalue weighted by Crippen LogP contribution is -2.45. The Kier molecular flexibility index (Phi) is 16.5. The van der Waals surface area contributed by atoms with Gasteiger partial charge in [0.05, 0.1) is 24.6 Å². The number of unbranched alkanes of at least 4 members (excludes halogenated alkanes) is 5. The van der Waals surface area contributed by atoms with Gasteiger partial charge in [-0.15, -0.1) is 0 Å². The van der Waals surface area contributed by atoms with Gasteiger partial charge in [0, 0.05) is 20.0 Å². The first kappa shape index (κ1) is 39.3. The summed E-state index contributed by atoms with van der Waals surface area (Å²) in [6.45, 7) is 27.3. The second-order valence-corrected chi connectivity index (χ2v) is 25.1. The highest BCUT2D eigenvalue weighted by molar-refractivity contribution is 6.74. The lowest BCUT2D eigenvalue weighted by atomic mass is 9.88. The molecule has 7 heteroatoms. The summed E-state index contributed by atoms with van der Waals surface area (Å²) in [5.74, 6) is 0.478. The standard InChI is InChI=1S/C35H68O5Si2/c1-14-15-19-22-29(37-9)24-25-31-30(23-20-17-16-18-21-26-38-28(2)36)32(39-41(10,11)34(3,4)5)27-33(31)40-42(12,13)35(6,7)8/h21,24-26,29-33H,14-20,22-23,27H2,1-13H3/b25-24+,26-21?. The molecule has 1 aliphatic carbocycles. The Morgan fingerprint density at radius 3 is 2.00 bits per heavy atom. The molecule has 0 N–H and O–H groups in total. The molecule has 42 heavy (non-hydrogen) atoms. The van der Waals surface area contributed by atoms with Crippen LogP contribution in [0.5, 0.6) is 0 Å². The first-order valence-corrected chi connectivity index (χ1v) is 22.6. The van der Waals surface area contributed by atoms with Crippen LogP contribution in [0.25, 0.3) is 0 Å². The van der Waals surface area contributed by atoms with E-state index in [1.54, 1.807) is 0 Å². The van der Waals surface area contributed by atoms with Gasteiger partial charge in [-0.1, -0.05) is 92.7 Å². The van der Waals surface area contributed by atoms with Crippen LogP contribution in [0.3, 0.4) is 0 Å². The molecule has 0 aliphatic heterocycles. The molecule has 1 saturated carbocycles. The van der Waals surface area contributed by atoms with Crippen molar-refractivity contribution in [1.29, 1.82) is 0 Å². The van der Waals surface area contributed by atoms with Crippen molar-refractivity contribution in [2.24, 2.45) is 11.8 Å². The Morgan fingerprint density at radius 2 is 1.48 bits per heavy atom. The summed E-state index contributed by atoms with van der Waals surface area (Å²) in [5.41, 5.74) is 0. The highest BCUT2D eigenvalue weighted by Gasteiger charge is 2.50. The zero-order valence-corrected chi connectivity index (χ0v) is 31.8. The van der Waals surface area contributed by atoms with Crippen molar-refractivity contribution < 1.29 is 23.1 Å². The van der Waals surface area contributed by atoms with Crippen molar-refractivity contribution in [3.05, 3.63) is 24.5 Å². The minimum Gasteiger partial charge on any atom is -0.435 e. The Labute approximate surface area is 262 Å². The van der Waals surface area contributed by atoms with Gasteiger partial charge in [-0.3, -0.25) is 4.79 Å². The van der Waals surface area contributed by atoms with E-state index in [0.29, 0.717) is 11.8 Å². The number of hydrogen-bond donors (Lipinski definition) is 0. The zero-order chi connectivity index (χ0) is 32.2. The van der Waals surface area contributed by atoms with E-state index in [4.69, 9.17) is 18.3 Å². The first-order chi connectivity index (χ1) is 19.4. The first-order valence-electron chi connectivity index (χ1n) is 16.7. The molecule has 0 aromatic rings. The molecular weight excluding hydrogens is 557 g/mol. The molecule has 5 unspecified atom stereocenters. The van der Waals surface area contributed by atoms with Crippen LogP contribution in [0.2, 0.25) is 36.3 Å². The van der Waals surface area contributed by atoms with Gasteiger partial charge in [0.2, 0.25) is 0 Å². The maximum Gasteiger partial charge on any atom is 0.307 e. The second kappa shape index (κ2) is 17.7. The molecule has 5 atom stereocenters. The fourth-order valence-corrected chi connectivity index (χ4v) is 8.02. The van der Waals surface area contributed by atoms with E-state index >= 15 is 0 Å². The summed E-state index contributed by atoms with van der Waals surface area (Å²) < 4.78 is 25.3. The van der Waals surface area contributed by atoms with Crippen molar-refractivity contribution >= 4 is 22.6 Å². The van der Waals surface area contributed by atoms with Crippen molar-refractivity contribution in [3.63, 3.8) is 0 Å². The molecule has 1 rings (SSSR count). The number of carbonyl (C=O) groups excluding carboxylic acids is 1. The third-order valence-corrected chi connectivity index (χ3v) is 19.1. The van der Waals surface area contributed by atoms with Crippen LogP contribution in [0.1, 0.15) is 120 Å². The van der Waals surface area contributed by atoms with Crippen LogP contribution in [0, 0.1) is 11.8 Å². The molecule has 0 radical (unpaired) electrons. The maximum absolute atomic E-state index is 11.0. The van der Waals surface area contributed by atoms with Crippen molar-refractivity contribution in [2.45, 2.75) is 174 Å². The molecule has 0 heterocycles. The van der Waals surface area contributed by atoms with Crippen molar-refractivity contribution in [1.82, 2.24) is 0 Å². The average Bonchev–Trinajstić information content (AvgIpc) is 3.15. The van der Waals surface area contributed by atoms with Crippen LogP contribution < -0.4 is 0 Å². The Balaban J connectivity index is 3.27. The van der Waals surface area contributed by atoms with Gasteiger partial charge in [0.15, 0.2) is 16.6 Å². The highest BCUT2D eigenvalue weighted by atomic mass is 28.4. The molecule has 0 aromatic heterocycles. The van der Waals surface area contributed by atoms with E-state index in [0.717, 1.165) is 44.9 Å². The van der Waals surface area contributed by atoms with Crippen molar-refractivity contribution in [3.8, 4) is 0 Å². The molecule has 0 saturated heterocycles. The summed E-state index contributed by atoms with van der Waals surface area (Å²) in [4.78, 5) is 11.0. The summed E-state index contributed by atoms with van der Waals surface area (Å²) in [6, 6.07) is 0. The fraction of sp³-hybridized carbons (Fsp3) is 0.857. The normalized spacial score (nSPS) is 23.3. The van der Waals surface area contributed by atoms with E-state index < -0.39 is 16.6 Å². The van der Waals surface area contributed by atoms with E-state index in [1.165, 1.54) is 32.4 Å². The number of ether oxygens (including phenoxy) is 2. The lowest BCUT2D eigenvalue weighted by molar-refractivity contribution is -0.135. The maximum atomic E-state index is 11.0. The van der Waals surface area contributed by atoms with Gasteiger partial charge in [0.1, 0.15) is 0 Å². The molecule has 0 bridgehead atoms. The SMILES string of the molecule is CCCCCC(/C=C/C1C(O[Si](C)(C)C(C)(C)C)CC(O[Si](C)(C)C(C)(C)C)C1CCCCCC=COC(C)=O)OC. The largest absolute Gasteiger partial charge is 0.435 e. The third-order valence-electron chi connectivity index (χ3n) is 10.1. The minimum atomic E-state index is -1.97. The van der Waals surface area contributed by atoms with Crippen molar-refractivity contribution in [2.75, 3.05) is 7.11 Å². The molecule has 0 spiro atoms. The van der Waals surface area contributed by atoms with Gasteiger partial charge in [-0.05, 0) is 80.4 Å². The molecule has 1 aliphatic rings. The summed E-state index contributed by atoms with van der Waals surface area (Å²) in [5, 5.41) is 0.319. The van der Waals surface area contributed by atoms with Gasteiger partial charge in [-0.25, -0.2) is 0 Å².